The molecule has 1 aromatic carbocycles. The van der Waals surface area contributed by atoms with Crippen LogP contribution in [0.5, 0.6) is 0 Å². The number of pyridine rings is 1. The Balaban J connectivity index is 1.12. The van der Waals surface area contributed by atoms with Crippen LogP contribution in [-0.4, -0.2) is 68.7 Å². The monoisotopic (exact) mass is 500 g/mol. The van der Waals surface area contributed by atoms with E-state index in [0.717, 1.165) is 71.1 Å². The lowest BCUT2D eigenvalue weighted by molar-refractivity contribution is 0.00635. The first-order valence-electron chi connectivity index (χ1n) is 13.2. The summed E-state index contributed by atoms with van der Waals surface area (Å²) in [6, 6.07) is 10.3. The smallest absolute Gasteiger partial charge is 0.330 e. The van der Waals surface area contributed by atoms with Gasteiger partial charge in [0.15, 0.2) is 5.65 Å². The predicted octanol–water partition coefficient (Wildman–Crippen LogP) is 3.16. The number of methoxy groups -OCH3 is 1. The first-order chi connectivity index (χ1) is 18.1. The minimum absolute atomic E-state index is 0.0608. The average Bonchev–Trinajstić information content (AvgIpc) is 3.43. The Morgan fingerprint density at radius 1 is 1.03 bits per heavy atom. The van der Waals surface area contributed by atoms with E-state index in [1.54, 1.807) is 18.7 Å². The molecule has 3 fully saturated rings. The van der Waals surface area contributed by atoms with Crippen molar-refractivity contribution in [2.75, 3.05) is 33.4 Å². The second-order valence-corrected chi connectivity index (χ2v) is 10.9. The van der Waals surface area contributed by atoms with Crippen LogP contribution < -0.4 is 5.69 Å². The van der Waals surface area contributed by atoms with E-state index in [1.807, 2.05) is 29.0 Å². The number of likely N-dealkylation sites (tertiary alicyclic amines) is 1. The quantitative estimate of drug-likeness (QED) is 0.344. The van der Waals surface area contributed by atoms with Crippen molar-refractivity contribution in [3.05, 3.63) is 52.7 Å². The maximum atomic E-state index is 13.1. The van der Waals surface area contributed by atoms with Crippen LogP contribution in [0.15, 0.2) is 41.3 Å². The van der Waals surface area contributed by atoms with Gasteiger partial charge in [-0.1, -0.05) is 12.1 Å². The molecule has 0 bridgehead atoms. The third-order valence-electron chi connectivity index (χ3n) is 8.55. The van der Waals surface area contributed by atoms with Crippen molar-refractivity contribution in [1.82, 2.24) is 29.2 Å². The predicted molar refractivity (Wildman–Crippen MR) is 140 cm³/mol. The fourth-order valence-electron chi connectivity index (χ4n) is 6.08. The number of rotatable bonds is 8. The highest BCUT2D eigenvalue weighted by Gasteiger charge is 2.44. The maximum Gasteiger partial charge on any atom is 0.330 e. The van der Waals surface area contributed by atoms with Crippen LogP contribution in [0.4, 0.5) is 0 Å². The zero-order valence-electron chi connectivity index (χ0n) is 21.3. The summed E-state index contributed by atoms with van der Waals surface area (Å²) >= 11 is 0. The van der Waals surface area contributed by atoms with Gasteiger partial charge in [-0.3, -0.25) is 14.1 Å². The summed E-state index contributed by atoms with van der Waals surface area (Å²) in [5.74, 6) is 1.92. The van der Waals surface area contributed by atoms with E-state index in [1.165, 1.54) is 19.5 Å². The van der Waals surface area contributed by atoms with Crippen LogP contribution in [0, 0.1) is 11.8 Å². The molecule has 7 rings (SSSR count). The number of piperidine rings is 1. The summed E-state index contributed by atoms with van der Waals surface area (Å²) in [6.45, 7) is 4.78. The number of ether oxygens (including phenoxy) is 2. The van der Waals surface area contributed by atoms with Crippen molar-refractivity contribution >= 4 is 22.1 Å². The van der Waals surface area contributed by atoms with Crippen LogP contribution in [0.3, 0.4) is 0 Å². The lowest BCUT2D eigenvalue weighted by atomic mass is 9.89. The lowest BCUT2D eigenvalue weighted by Gasteiger charge is -2.34. The molecular formula is C28H32N6O3. The zero-order valence-corrected chi connectivity index (χ0v) is 21.3. The third kappa shape index (κ3) is 4.05. The Labute approximate surface area is 215 Å². The van der Waals surface area contributed by atoms with Gasteiger partial charge in [0.2, 0.25) is 0 Å². The van der Waals surface area contributed by atoms with Gasteiger partial charge in [0.25, 0.3) is 0 Å². The van der Waals surface area contributed by atoms with Crippen LogP contribution in [0.1, 0.15) is 31.0 Å². The summed E-state index contributed by atoms with van der Waals surface area (Å²) in [5, 5.41) is 9.71. The number of hydrogen-bond donors (Lipinski definition) is 0. The van der Waals surface area contributed by atoms with Gasteiger partial charge in [0.05, 0.1) is 30.5 Å². The van der Waals surface area contributed by atoms with Crippen LogP contribution >= 0.6 is 0 Å². The molecule has 37 heavy (non-hydrogen) atoms. The standard InChI is InChI=1S/C28H32N6O3/c1-32-27-26(34(28(32)35)22-11-23(12-22)36-2)24-10-17(4-6-25(24)30-31-27)18-3-5-21(29-13-18)16-37-8-7-33-14-19-9-20(19)15-33/h3-6,10,13,19-20,22-23H,7-9,11-12,14-16H2,1-2H3/t19?,20?,22-,23+. The molecule has 0 spiro atoms. The summed E-state index contributed by atoms with van der Waals surface area (Å²) in [4.78, 5) is 20.3. The highest BCUT2D eigenvalue weighted by molar-refractivity contribution is 6.02. The molecule has 3 aromatic heterocycles. The highest BCUT2D eigenvalue weighted by atomic mass is 16.5. The summed E-state index contributed by atoms with van der Waals surface area (Å²) in [7, 11) is 3.48. The molecule has 3 aliphatic rings. The molecule has 2 unspecified atom stereocenters. The third-order valence-corrected chi connectivity index (χ3v) is 8.55. The molecule has 0 amide bonds. The van der Waals surface area contributed by atoms with Gasteiger partial charge >= 0.3 is 5.69 Å². The molecule has 4 aromatic rings. The first-order valence-corrected chi connectivity index (χ1v) is 13.2. The number of nitrogens with zero attached hydrogens (tertiary/aromatic N) is 6. The Bertz CT molecular complexity index is 1510. The van der Waals surface area contributed by atoms with Crippen molar-refractivity contribution in [3.63, 3.8) is 0 Å². The van der Waals surface area contributed by atoms with Crippen molar-refractivity contribution in [2.45, 2.75) is 38.0 Å². The van der Waals surface area contributed by atoms with Crippen LogP contribution in [0.2, 0.25) is 0 Å². The Hall–Kier alpha value is -3.14. The fourth-order valence-corrected chi connectivity index (χ4v) is 6.08. The molecule has 1 saturated heterocycles. The molecule has 2 atom stereocenters. The number of imidazole rings is 1. The molecule has 192 valence electrons. The molecule has 1 aliphatic heterocycles. The molecule has 0 radical (unpaired) electrons. The largest absolute Gasteiger partial charge is 0.381 e. The maximum absolute atomic E-state index is 13.1. The van der Waals surface area contributed by atoms with Crippen molar-refractivity contribution in [1.29, 1.82) is 0 Å². The Kier molecular flexibility index (Phi) is 5.60. The number of aryl methyl sites for hydroxylation is 1. The van der Waals surface area contributed by atoms with E-state index in [0.29, 0.717) is 12.3 Å². The summed E-state index contributed by atoms with van der Waals surface area (Å²) < 4.78 is 14.8. The van der Waals surface area contributed by atoms with Gasteiger partial charge < -0.3 is 14.4 Å². The average molecular weight is 501 g/mol. The molecule has 4 heterocycles. The molecule has 9 nitrogen and oxygen atoms in total. The Morgan fingerprint density at radius 2 is 1.84 bits per heavy atom. The van der Waals surface area contributed by atoms with E-state index in [9.17, 15) is 4.79 Å². The summed E-state index contributed by atoms with van der Waals surface area (Å²) in [5.41, 5.74) is 5.12. The lowest BCUT2D eigenvalue weighted by Crippen LogP contribution is -2.37. The number of benzene rings is 1. The van der Waals surface area contributed by atoms with Gasteiger partial charge in [-0.25, -0.2) is 4.79 Å². The first kappa shape index (κ1) is 23.0. The van der Waals surface area contributed by atoms with Gasteiger partial charge in [-0.05, 0) is 54.9 Å². The van der Waals surface area contributed by atoms with E-state index in [-0.39, 0.29) is 17.8 Å². The number of fused-ring (bicyclic) bond motifs is 4. The molecule has 2 saturated carbocycles. The molecule has 9 heteroatoms. The van der Waals surface area contributed by atoms with Gasteiger partial charge in [-0.15, -0.1) is 10.2 Å². The number of hydrogen-bond acceptors (Lipinski definition) is 7. The van der Waals surface area contributed by atoms with E-state index in [2.05, 4.69) is 32.2 Å². The van der Waals surface area contributed by atoms with Crippen molar-refractivity contribution in [2.24, 2.45) is 18.9 Å². The highest BCUT2D eigenvalue weighted by Crippen LogP contribution is 2.44. The Morgan fingerprint density at radius 3 is 2.59 bits per heavy atom. The van der Waals surface area contributed by atoms with Crippen LogP contribution in [0.25, 0.3) is 33.2 Å². The van der Waals surface area contributed by atoms with E-state index in [4.69, 9.17) is 9.47 Å². The molecular weight excluding hydrogens is 468 g/mol. The number of aromatic nitrogens is 5. The van der Waals surface area contributed by atoms with Crippen molar-refractivity contribution in [3.8, 4) is 11.1 Å². The summed E-state index contributed by atoms with van der Waals surface area (Å²) in [6.07, 6.45) is 5.18. The molecule has 0 N–H and O–H groups in total. The second kappa shape index (κ2) is 9.01. The van der Waals surface area contributed by atoms with Gasteiger partial charge in [0, 0.05) is 57.0 Å². The second-order valence-electron chi connectivity index (χ2n) is 10.9. The molecule has 2 aliphatic carbocycles. The van der Waals surface area contributed by atoms with Crippen molar-refractivity contribution < 1.29 is 9.47 Å². The van der Waals surface area contributed by atoms with Gasteiger partial charge in [-0.2, -0.15) is 0 Å². The van der Waals surface area contributed by atoms with E-state index >= 15 is 0 Å². The van der Waals surface area contributed by atoms with E-state index < -0.39 is 0 Å². The topological polar surface area (TPSA) is 87.3 Å². The minimum Gasteiger partial charge on any atom is -0.381 e. The normalized spacial score (nSPS) is 25.0. The fraction of sp³-hybridized carbons (Fsp3) is 0.500. The van der Waals surface area contributed by atoms with Gasteiger partial charge in [0.1, 0.15) is 5.52 Å². The zero-order chi connectivity index (χ0) is 25.1. The minimum atomic E-state index is -0.0608. The SMILES string of the molecule is CO[C@H]1C[C@@H](n2c(=O)n(C)c3nnc4ccc(-c5ccc(COCCN6CC7CC7C6)nc5)cc4c32)C1. The van der Waals surface area contributed by atoms with Crippen LogP contribution in [-0.2, 0) is 23.1 Å².